The van der Waals surface area contributed by atoms with Gasteiger partial charge in [0.05, 0.1) is 21.5 Å². The van der Waals surface area contributed by atoms with Crippen molar-refractivity contribution in [1.82, 2.24) is 18.7 Å². The molecule has 8 nitrogen and oxygen atoms in total. The van der Waals surface area contributed by atoms with Gasteiger partial charge in [-0.3, -0.25) is 19.2 Å². The molecule has 0 saturated carbocycles. The maximum absolute atomic E-state index is 14.1. The van der Waals surface area contributed by atoms with E-state index in [-0.39, 0.29) is 33.8 Å². The summed E-state index contributed by atoms with van der Waals surface area (Å²) in [6.07, 6.45) is 0. The first-order chi connectivity index (χ1) is 34.9. The third-order valence-corrected chi connectivity index (χ3v) is 17.3. The quantitative estimate of drug-likeness (QED) is 0.118. The molecule has 3 unspecified atom stereocenters. The minimum Gasteiger partial charge on any atom is -0.267 e. The highest BCUT2D eigenvalue weighted by Gasteiger charge is 2.46. The Morgan fingerprint density at radius 3 is 1.04 bits per heavy atom. The van der Waals surface area contributed by atoms with Crippen LogP contribution in [0.4, 0.5) is 0 Å². The average molecular weight is 1030 g/mol. The first kappa shape index (κ1) is 50.0. The zero-order chi connectivity index (χ0) is 50.6. The standard InChI is InChI=1S/C30H25N2O2P.C24H20Cl2N2O2.C6H7P/c1-20-12-6-8-16-23(20)29-31-27(33)25-18-10-11-19-26(25)28(34)32(31)30(24-17-9-7-13-21(24)2)35(29)22-14-4-3-5-15-22;1-15-9-3-5-11-17(15)21(25)27-23(29)19-13-7-8-14-20(19)24(30)28(27)22(26)18-12-6-4-10-16(18)2;7-6-4-2-1-3-5-6/h3-19,29-30H,1-2H3;3-14,21-22H,1-2H3;1-5H,7H2/t;21-,22-;/m.1./s1. The molecule has 0 saturated heterocycles. The second-order valence-electron chi connectivity index (χ2n) is 17.7. The Kier molecular flexibility index (Phi) is 15.2. The smallest absolute Gasteiger partial charge is 0.267 e. The molecule has 1 aliphatic heterocycles. The number of hydrogen-bond donors (Lipinski definition) is 0. The molecular formula is C60H52Cl2N4O4P2. The van der Waals surface area contributed by atoms with Gasteiger partial charge in [0.25, 0.3) is 22.2 Å². The van der Waals surface area contributed by atoms with Crippen LogP contribution in [0, 0.1) is 27.7 Å². The predicted octanol–water partition coefficient (Wildman–Crippen LogP) is 12.2. The maximum atomic E-state index is 14.1. The molecule has 2 aromatic heterocycles. The van der Waals surface area contributed by atoms with Crippen molar-refractivity contribution in [3.05, 3.63) is 292 Å². The van der Waals surface area contributed by atoms with E-state index in [1.54, 1.807) is 45.8 Å². The summed E-state index contributed by atoms with van der Waals surface area (Å²) in [6, 6.07) is 66.0. The molecule has 72 heavy (non-hydrogen) atoms. The lowest BCUT2D eigenvalue weighted by molar-refractivity contribution is 0.448. The van der Waals surface area contributed by atoms with Crippen LogP contribution < -0.4 is 32.8 Å². The molecule has 0 amide bonds. The zero-order valence-electron chi connectivity index (χ0n) is 40.1. The van der Waals surface area contributed by atoms with E-state index >= 15 is 0 Å². The fourth-order valence-electron chi connectivity index (χ4n) is 9.47. The van der Waals surface area contributed by atoms with Crippen molar-refractivity contribution in [3.63, 3.8) is 0 Å². The van der Waals surface area contributed by atoms with Gasteiger partial charge in [0, 0.05) is 0 Å². The molecule has 0 radical (unpaired) electrons. The Morgan fingerprint density at radius 2 is 0.694 bits per heavy atom. The van der Waals surface area contributed by atoms with Crippen molar-refractivity contribution in [2.45, 2.75) is 50.3 Å². The van der Waals surface area contributed by atoms with E-state index < -0.39 is 18.9 Å². The Balaban J connectivity index is 0.000000158. The third kappa shape index (κ3) is 9.61. The van der Waals surface area contributed by atoms with E-state index in [1.807, 2.05) is 147 Å². The van der Waals surface area contributed by atoms with Crippen LogP contribution in [0.3, 0.4) is 0 Å². The largest absolute Gasteiger partial charge is 0.275 e. The van der Waals surface area contributed by atoms with Crippen LogP contribution >= 0.6 is 40.4 Å². The Morgan fingerprint density at radius 1 is 0.389 bits per heavy atom. The minimum absolute atomic E-state index is 0.118. The summed E-state index contributed by atoms with van der Waals surface area (Å²) in [6.45, 7) is 8.00. The SMILES string of the molecule is Cc1ccccc1C1n2c(=O)c3ccccc3c(=O)n2C(c2ccccc2C)P1c1ccccc1.Cc1ccccc1[C@H](Cl)n1c(=O)c2ccccc2c(=O)n1[C@@H](Cl)c1ccccc1C.Pc1ccccc1. The van der Waals surface area contributed by atoms with Crippen LogP contribution in [0.15, 0.2) is 225 Å². The van der Waals surface area contributed by atoms with Gasteiger partial charge in [-0.15, -0.1) is 9.24 Å². The van der Waals surface area contributed by atoms with Gasteiger partial charge in [-0.25, -0.2) is 18.7 Å². The first-order valence-corrected chi connectivity index (χ1v) is 26.5. The van der Waals surface area contributed by atoms with E-state index in [2.05, 4.69) is 59.5 Å². The van der Waals surface area contributed by atoms with Crippen molar-refractivity contribution in [2.24, 2.45) is 0 Å². The van der Waals surface area contributed by atoms with Crippen LogP contribution in [0.1, 0.15) is 67.1 Å². The van der Waals surface area contributed by atoms with Gasteiger partial charge < -0.3 is 0 Å². The highest BCUT2D eigenvalue weighted by Crippen LogP contribution is 2.65. The first-order valence-electron chi connectivity index (χ1n) is 23.5. The van der Waals surface area contributed by atoms with Crippen LogP contribution in [0.5, 0.6) is 0 Å². The van der Waals surface area contributed by atoms with Crippen LogP contribution in [-0.4, -0.2) is 18.7 Å². The third-order valence-electron chi connectivity index (χ3n) is 13.2. The molecule has 360 valence electrons. The molecule has 0 bridgehead atoms. The van der Waals surface area contributed by atoms with E-state index in [0.717, 1.165) is 44.5 Å². The lowest BCUT2D eigenvalue weighted by Gasteiger charge is -2.27. The molecule has 0 N–H and O–H groups in total. The van der Waals surface area contributed by atoms with Gasteiger partial charge in [-0.05, 0) is 115 Å². The molecule has 0 fully saturated rings. The van der Waals surface area contributed by atoms with Gasteiger partial charge in [0.15, 0.2) is 11.0 Å². The Hall–Kier alpha value is -6.92. The molecule has 5 atom stereocenters. The van der Waals surface area contributed by atoms with Crippen molar-refractivity contribution in [2.75, 3.05) is 0 Å². The maximum Gasteiger partial charge on any atom is 0.275 e. The topological polar surface area (TPSA) is 88.0 Å². The van der Waals surface area contributed by atoms with Crippen LogP contribution in [-0.2, 0) is 0 Å². The van der Waals surface area contributed by atoms with Gasteiger partial charge >= 0.3 is 0 Å². The van der Waals surface area contributed by atoms with E-state index in [0.29, 0.717) is 21.5 Å². The number of halogens is 2. The predicted molar refractivity (Wildman–Crippen MR) is 303 cm³/mol. The second-order valence-corrected chi connectivity index (χ2v) is 21.5. The fraction of sp³-hybridized carbons (Fsp3) is 0.133. The zero-order valence-corrected chi connectivity index (χ0v) is 43.7. The minimum atomic E-state index is -1.05. The number of hydrogen-bond acceptors (Lipinski definition) is 4. The van der Waals surface area contributed by atoms with Gasteiger partial charge in [-0.1, -0.05) is 205 Å². The average Bonchev–Trinajstić information content (AvgIpc) is 3.76. The summed E-state index contributed by atoms with van der Waals surface area (Å²) >= 11 is 13.7. The highest BCUT2D eigenvalue weighted by atomic mass is 35.5. The molecule has 11 rings (SSSR count). The summed E-state index contributed by atoms with van der Waals surface area (Å²) in [4.78, 5) is 55.3. The molecule has 1 aliphatic rings. The highest BCUT2D eigenvalue weighted by molar-refractivity contribution is 7.66. The monoisotopic (exact) mass is 1020 g/mol. The van der Waals surface area contributed by atoms with E-state index in [4.69, 9.17) is 23.2 Å². The van der Waals surface area contributed by atoms with Gasteiger partial charge in [0.1, 0.15) is 11.6 Å². The molecule has 0 spiro atoms. The molecular weight excluding hydrogens is 974 g/mol. The van der Waals surface area contributed by atoms with E-state index in [1.165, 1.54) is 20.0 Å². The molecule has 12 heteroatoms. The normalized spacial score (nSPS) is 15.7. The number of nitrogens with zero attached hydrogens (tertiary/aromatic N) is 4. The number of fused-ring (bicyclic) bond motifs is 3. The van der Waals surface area contributed by atoms with Gasteiger partial charge in [-0.2, -0.15) is 0 Å². The lowest BCUT2D eigenvalue weighted by atomic mass is 10.1. The molecule has 8 aromatic carbocycles. The van der Waals surface area contributed by atoms with Crippen molar-refractivity contribution >= 4 is 72.5 Å². The van der Waals surface area contributed by atoms with Crippen molar-refractivity contribution in [1.29, 1.82) is 0 Å². The number of aryl methyl sites for hydroxylation is 4. The number of alkyl halides is 2. The summed E-state index contributed by atoms with van der Waals surface area (Å²) in [5.41, 5.74) is 4.93. The summed E-state index contributed by atoms with van der Waals surface area (Å²) in [7, 11) is 1.58. The summed E-state index contributed by atoms with van der Waals surface area (Å²) in [5.74, 6) is -0.522. The number of aromatic nitrogens is 4. The summed E-state index contributed by atoms with van der Waals surface area (Å²) in [5, 5.41) is 3.98. The molecule has 3 heterocycles. The number of benzene rings is 8. The van der Waals surface area contributed by atoms with Crippen molar-refractivity contribution < 1.29 is 0 Å². The number of rotatable bonds is 7. The van der Waals surface area contributed by atoms with Crippen molar-refractivity contribution in [3.8, 4) is 0 Å². The lowest BCUT2D eigenvalue weighted by Crippen LogP contribution is -2.41. The van der Waals surface area contributed by atoms with E-state index in [9.17, 15) is 19.2 Å². The Bertz CT molecular complexity index is 3630. The molecule has 10 aromatic rings. The summed E-state index contributed by atoms with van der Waals surface area (Å²) < 4.78 is 6.09. The van der Waals surface area contributed by atoms with Gasteiger partial charge in [0.2, 0.25) is 0 Å². The molecule has 0 aliphatic carbocycles. The van der Waals surface area contributed by atoms with Crippen LogP contribution in [0.25, 0.3) is 21.5 Å². The fourth-order valence-corrected chi connectivity index (χ4v) is 14.0. The Labute approximate surface area is 431 Å². The second kappa shape index (κ2) is 21.8. The van der Waals surface area contributed by atoms with Crippen LogP contribution in [0.2, 0.25) is 0 Å².